The number of carbonyl (C=O) groups is 2. The topological polar surface area (TPSA) is 54.7 Å². The van der Waals surface area contributed by atoms with E-state index in [1.54, 1.807) is 6.21 Å². The van der Waals surface area contributed by atoms with Gasteiger partial charge in [0.15, 0.2) is 0 Å². The number of benzene rings is 1. The van der Waals surface area contributed by atoms with Crippen molar-refractivity contribution in [3.8, 4) is 5.69 Å². The van der Waals surface area contributed by atoms with Crippen LogP contribution in [-0.2, 0) is 9.59 Å². The van der Waals surface area contributed by atoms with Crippen LogP contribution in [0, 0.1) is 44.4 Å². The maximum Gasteiger partial charge on any atom is 0.254 e. The number of nitrogens with zero attached hydrogens (tertiary/aromatic N) is 3. The third-order valence-corrected chi connectivity index (χ3v) is 6.88. The predicted octanol–water partition coefficient (Wildman–Crippen LogP) is 3.93. The number of carbonyl (C=O) groups excluding carboxylic acids is 2. The van der Waals surface area contributed by atoms with Crippen LogP contribution in [0.25, 0.3) is 5.69 Å². The summed E-state index contributed by atoms with van der Waals surface area (Å²) in [5.74, 6) is -0.336. The Balaban J connectivity index is 1.46. The van der Waals surface area contributed by atoms with Gasteiger partial charge >= 0.3 is 0 Å². The number of imide groups is 1. The van der Waals surface area contributed by atoms with Crippen LogP contribution in [-0.4, -0.2) is 27.6 Å². The highest BCUT2D eigenvalue weighted by molar-refractivity contribution is 6.06. The maximum absolute atomic E-state index is 12.9. The third-order valence-electron chi connectivity index (χ3n) is 6.88. The highest BCUT2D eigenvalue weighted by Gasteiger charge is 2.56. The van der Waals surface area contributed by atoms with Gasteiger partial charge in [0.25, 0.3) is 11.8 Å². The van der Waals surface area contributed by atoms with Crippen LogP contribution >= 0.6 is 0 Å². The zero-order valence-corrected chi connectivity index (χ0v) is 17.0. The molecule has 148 valence electrons. The van der Waals surface area contributed by atoms with Crippen LogP contribution in [0.3, 0.4) is 0 Å². The minimum absolute atomic E-state index is 0.136. The zero-order valence-electron chi connectivity index (χ0n) is 17.0. The first-order valence-corrected chi connectivity index (χ1v) is 10.3. The Morgan fingerprint density at radius 3 is 2.17 bits per heavy atom. The second kappa shape index (κ2) is 6.55. The summed E-state index contributed by atoms with van der Waals surface area (Å²) in [6, 6.07) is 10.3. The number of aromatic nitrogens is 1. The van der Waals surface area contributed by atoms with E-state index in [4.69, 9.17) is 0 Å². The van der Waals surface area contributed by atoms with Gasteiger partial charge in [0, 0.05) is 22.6 Å². The van der Waals surface area contributed by atoms with Crippen molar-refractivity contribution in [3.63, 3.8) is 0 Å². The molecule has 2 amide bonds. The number of fused-ring (bicyclic) bond motifs is 1. The molecule has 2 fully saturated rings. The van der Waals surface area contributed by atoms with Crippen molar-refractivity contribution in [2.75, 3.05) is 0 Å². The Labute approximate surface area is 170 Å². The lowest BCUT2D eigenvalue weighted by atomic mass is 9.63. The molecule has 5 heteroatoms. The lowest BCUT2D eigenvalue weighted by Crippen LogP contribution is -2.38. The van der Waals surface area contributed by atoms with Crippen molar-refractivity contribution in [2.24, 2.45) is 28.8 Å². The number of rotatable bonds is 3. The molecule has 1 aliphatic heterocycles. The molecule has 1 aromatic heterocycles. The lowest BCUT2D eigenvalue weighted by Gasteiger charge is -2.37. The summed E-state index contributed by atoms with van der Waals surface area (Å²) in [5, 5.41) is 5.51. The second-order valence-electron chi connectivity index (χ2n) is 8.52. The zero-order chi connectivity index (χ0) is 20.3. The molecule has 2 heterocycles. The summed E-state index contributed by atoms with van der Waals surface area (Å²) in [4.78, 5) is 25.9. The molecule has 4 aliphatic rings. The number of allylic oxidation sites excluding steroid dienone is 2. The van der Waals surface area contributed by atoms with Gasteiger partial charge in [-0.25, -0.2) is 0 Å². The van der Waals surface area contributed by atoms with Gasteiger partial charge in [-0.05, 0) is 63.1 Å². The Morgan fingerprint density at radius 1 is 0.966 bits per heavy atom. The molecule has 2 aromatic rings. The average molecular weight is 387 g/mol. The van der Waals surface area contributed by atoms with Gasteiger partial charge in [0.2, 0.25) is 0 Å². The molecule has 6 rings (SSSR count). The van der Waals surface area contributed by atoms with Gasteiger partial charge < -0.3 is 4.57 Å². The molecule has 0 N–H and O–H groups in total. The Kier molecular flexibility index (Phi) is 4.09. The summed E-state index contributed by atoms with van der Waals surface area (Å²) in [6.45, 7) is 6.19. The fraction of sp³-hybridized carbons (Fsp3) is 0.375. The summed E-state index contributed by atoms with van der Waals surface area (Å²) < 4.78 is 2.19. The number of amides is 2. The van der Waals surface area contributed by atoms with Crippen molar-refractivity contribution in [1.29, 1.82) is 0 Å². The number of para-hydroxylation sites is 1. The quantitative estimate of drug-likeness (QED) is 0.455. The molecule has 5 nitrogen and oxygen atoms in total. The van der Waals surface area contributed by atoms with E-state index in [-0.39, 0.29) is 35.5 Å². The standard InChI is InChI=1S/C24H25N3O2/c1-14-6-4-5-7-20(14)26-15(2)12-19(16(26)3)13-25-27-23(28)21-17-8-9-18(11-10-17)22(21)24(27)29/h4-9,12-13,17-18,21-22H,10-11H2,1-3H3/b25-13-/t17-,18-,21+,22+/m0/s1. The Morgan fingerprint density at radius 2 is 1.59 bits per heavy atom. The smallest absolute Gasteiger partial charge is 0.254 e. The van der Waals surface area contributed by atoms with Crippen LogP contribution in [0.1, 0.15) is 35.4 Å². The first-order valence-electron chi connectivity index (χ1n) is 10.3. The van der Waals surface area contributed by atoms with Gasteiger partial charge in [0.1, 0.15) is 0 Å². The SMILES string of the molecule is Cc1ccccc1-n1c(C)cc(/C=N\N2C(=O)[C@H]3[C@H](C2=O)[C@H]2C=C[C@H]3CC2)c1C. The van der Waals surface area contributed by atoms with E-state index in [2.05, 4.69) is 53.9 Å². The predicted molar refractivity (Wildman–Crippen MR) is 112 cm³/mol. The molecule has 0 radical (unpaired) electrons. The molecule has 29 heavy (non-hydrogen) atoms. The van der Waals surface area contributed by atoms with Gasteiger partial charge in [-0.15, -0.1) is 0 Å². The number of hydrazone groups is 1. The first kappa shape index (κ1) is 18.1. The molecule has 4 atom stereocenters. The molecular weight excluding hydrogens is 362 g/mol. The van der Waals surface area contributed by atoms with Gasteiger partial charge in [0.05, 0.1) is 18.1 Å². The van der Waals surface area contributed by atoms with Crippen molar-refractivity contribution < 1.29 is 9.59 Å². The normalized spacial score (nSPS) is 28.0. The van der Waals surface area contributed by atoms with E-state index in [0.29, 0.717) is 0 Å². The molecular formula is C24H25N3O2. The van der Waals surface area contributed by atoms with Crippen molar-refractivity contribution in [1.82, 2.24) is 9.58 Å². The fourth-order valence-corrected chi connectivity index (χ4v) is 5.40. The summed E-state index contributed by atoms with van der Waals surface area (Å²) in [6.07, 6.45) is 7.92. The van der Waals surface area contributed by atoms with E-state index in [1.807, 2.05) is 19.1 Å². The van der Waals surface area contributed by atoms with E-state index in [0.717, 1.165) is 40.5 Å². The molecule has 1 saturated heterocycles. The number of hydrogen-bond donors (Lipinski definition) is 0. The number of hydrogen-bond acceptors (Lipinski definition) is 3. The summed E-state index contributed by atoms with van der Waals surface area (Å²) in [5.41, 5.74) is 5.37. The van der Waals surface area contributed by atoms with E-state index >= 15 is 0 Å². The van der Waals surface area contributed by atoms with Crippen LogP contribution in [0.5, 0.6) is 0 Å². The van der Waals surface area contributed by atoms with Crippen LogP contribution in [0.4, 0.5) is 0 Å². The van der Waals surface area contributed by atoms with Crippen molar-refractivity contribution >= 4 is 18.0 Å². The highest BCUT2D eigenvalue weighted by atomic mass is 16.2. The van der Waals surface area contributed by atoms with Crippen molar-refractivity contribution in [3.05, 3.63) is 65.0 Å². The highest BCUT2D eigenvalue weighted by Crippen LogP contribution is 2.49. The molecule has 1 saturated carbocycles. The van der Waals surface area contributed by atoms with Gasteiger partial charge in [-0.1, -0.05) is 30.4 Å². The van der Waals surface area contributed by atoms with E-state index in [1.165, 1.54) is 5.56 Å². The van der Waals surface area contributed by atoms with Gasteiger partial charge in [-0.3, -0.25) is 9.59 Å². The Bertz CT molecular complexity index is 1050. The fourth-order valence-electron chi connectivity index (χ4n) is 5.40. The third kappa shape index (κ3) is 2.64. The molecule has 3 aliphatic carbocycles. The monoisotopic (exact) mass is 387 g/mol. The van der Waals surface area contributed by atoms with Crippen molar-refractivity contribution in [2.45, 2.75) is 33.6 Å². The minimum atomic E-state index is -0.220. The first-order chi connectivity index (χ1) is 14.0. The molecule has 1 aromatic carbocycles. The molecule has 2 bridgehead atoms. The summed E-state index contributed by atoms with van der Waals surface area (Å²) >= 11 is 0. The van der Waals surface area contributed by atoms with Crippen LogP contribution < -0.4 is 0 Å². The van der Waals surface area contributed by atoms with Crippen LogP contribution in [0.2, 0.25) is 0 Å². The lowest BCUT2D eigenvalue weighted by molar-refractivity contribution is -0.140. The molecule has 0 spiro atoms. The summed E-state index contributed by atoms with van der Waals surface area (Å²) in [7, 11) is 0. The van der Waals surface area contributed by atoms with E-state index in [9.17, 15) is 9.59 Å². The largest absolute Gasteiger partial charge is 0.318 e. The minimum Gasteiger partial charge on any atom is -0.318 e. The van der Waals surface area contributed by atoms with Crippen LogP contribution in [0.15, 0.2) is 47.6 Å². The number of aryl methyl sites for hydroxylation is 2. The van der Waals surface area contributed by atoms with E-state index < -0.39 is 0 Å². The maximum atomic E-state index is 12.9. The second-order valence-corrected chi connectivity index (χ2v) is 8.52. The average Bonchev–Trinajstić information content (AvgIpc) is 3.16. The molecule has 0 unspecified atom stereocenters. The Hall–Kier alpha value is -2.95. The van der Waals surface area contributed by atoms with Gasteiger partial charge in [-0.2, -0.15) is 10.1 Å².